The lowest BCUT2D eigenvalue weighted by Gasteiger charge is -2.42. The molecule has 0 fully saturated rings. The van der Waals surface area contributed by atoms with Crippen molar-refractivity contribution in [3.63, 3.8) is 0 Å². The van der Waals surface area contributed by atoms with Gasteiger partial charge in [-0.25, -0.2) is 4.79 Å². The number of hydrogen-bond donors (Lipinski definition) is 2. The molecule has 12 nitrogen and oxygen atoms in total. The maximum absolute atomic E-state index is 14.6. The molecule has 2 N–H and O–H groups in total. The normalized spacial score (nSPS) is 18.9. The van der Waals surface area contributed by atoms with Gasteiger partial charge in [0.05, 0.1) is 6.04 Å². The number of benzene rings is 2. The van der Waals surface area contributed by atoms with Gasteiger partial charge in [0.25, 0.3) is 0 Å². The quantitative estimate of drug-likeness (QED) is 0.278. The third kappa shape index (κ3) is 9.36. The Labute approximate surface area is 302 Å². The van der Waals surface area contributed by atoms with Crippen LogP contribution in [0.15, 0.2) is 42.5 Å². The summed E-state index contributed by atoms with van der Waals surface area (Å²) in [7, 11) is -4.59. The van der Waals surface area contributed by atoms with E-state index in [0.29, 0.717) is 12.0 Å². The highest BCUT2D eigenvalue weighted by Crippen LogP contribution is 2.34. The molecule has 4 rings (SSSR count). The van der Waals surface area contributed by atoms with E-state index in [1.54, 1.807) is 41.5 Å². The molecule has 0 bridgehead atoms. The van der Waals surface area contributed by atoms with E-state index < -0.39 is 74.3 Å². The molecule has 16 heteroatoms. The number of amides is 4. The summed E-state index contributed by atoms with van der Waals surface area (Å²) in [5.74, 6) is -2.44. The van der Waals surface area contributed by atoms with Gasteiger partial charge in [-0.15, -0.1) is 0 Å². The van der Waals surface area contributed by atoms with Crippen molar-refractivity contribution in [2.45, 2.75) is 116 Å². The van der Waals surface area contributed by atoms with Crippen molar-refractivity contribution in [3.05, 3.63) is 64.7 Å². The number of ether oxygens (including phenoxy) is 1. The largest absolute Gasteiger partial charge is 0.534 e. The molecule has 0 spiro atoms. The lowest BCUT2D eigenvalue weighted by atomic mass is 9.83. The minimum absolute atomic E-state index is 0.0594. The van der Waals surface area contributed by atoms with Gasteiger partial charge in [-0.05, 0) is 86.8 Å². The molecule has 286 valence electrons. The van der Waals surface area contributed by atoms with E-state index in [2.05, 4.69) is 14.8 Å². The summed E-state index contributed by atoms with van der Waals surface area (Å²) in [4.78, 5) is 57.4. The van der Waals surface area contributed by atoms with Crippen LogP contribution in [0.2, 0.25) is 0 Å². The van der Waals surface area contributed by atoms with Gasteiger partial charge in [0.15, 0.2) is 0 Å². The molecule has 0 aromatic heterocycles. The summed E-state index contributed by atoms with van der Waals surface area (Å²) in [6.07, 6.45) is 1.53. The number of likely N-dealkylation sites (N-methyl/N-ethyl adjacent to an activating group) is 1. The minimum Gasteiger partial charge on any atom is -0.444 e. The van der Waals surface area contributed by atoms with Gasteiger partial charge in [-0.3, -0.25) is 19.3 Å². The van der Waals surface area contributed by atoms with Crippen LogP contribution in [0.25, 0.3) is 0 Å². The maximum atomic E-state index is 14.6. The number of nitrogens with zero attached hydrogens (tertiary/aromatic N) is 2. The summed E-state index contributed by atoms with van der Waals surface area (Å²) in [5.41, 5.74) is -4.62. The molecule has 4 amide bonds. The molecule has 4 atom stereocenters. The Morgan fingerprint density at radius 3 is 2.23 bits per heavy atom. The highest BCUT2D eigenvalue weighted by molar-refractivity contribution is 7.88. The summed E-state index contributed by atoms with van der Waals surface area (Å²) in [6, 6.07) is 7.50. The number of carbonyl (C=O) groups excluding carboxylic acids is 4. The molecule has 2 aromatic rings. The second-order valence-electron chi connectivity index (χ2n) is 15.3. The first-order valence-corrected chi connectivity index (χ1v) is 18.4. The summed E-state index contributed by atoms with van der Waals surface area (Å²) >= 11 is 0. The van der Waals surface area contributed by atoms with E-state index in [-0.39, 0.29) is 24.6 Å². The van der Waals surface area contributed by atoms with E-state index in [1.807, 2.05) is 24.3 Å². The number of hydrogen-bond acceptors (Lipinski definition) is 8. The van der Waals surface area contributed by atoms with E-state index in [9.17, 15) is 40.8 Å². The molecule has 1 heterocycles. The molecule has 0 saturated heterocycles. The van der Waals surface area contributed by atoms with Crippen molar-refractivity contribution in [1.82, 2.24) is 20.4 Å². The number of nitrogens with one attached hydrogen (secondary N) is 2. The lowest BCUT2D eigenvalue weighted by Crippen LogP contribution is -2.62. The van der Waals surface area contributed by atoms with Crippen molar-refractivity contribution in [3.8, 4) is 5.75 Å². The zero-order chi connectivity index (χ0) is 39.0. The number of aryl methyl sites for hydroxylation is 1. The van der Waals surface area contributed by atoms with Gasteiger partial charge in [0.1, 0.15) is 29.5 Å². The summed E-state index contributed by atoms with van der Waals surface area (Å²) < 4.78 is 72.6. The Morgan fingerprint density at radius 2 is 1.62 bits per heavy atom. The second-order valence-corrected chi connectivity index (χ2v) is 16.9. The monoisotopic (exact) mass is 752 g/mol. The van der Waals surface area contributed by atoms with Crippen molar-refractivity contribution in [2.24, 2.45) is 5.41 Å². The molecule has 0 radical (unpaired) electrons. The average Bonchev–Trinajstić information content (AvgIpc) is 3.03. The second kappa shape index (κ2) is 15.0. The Hall–Kier alpha value is -4.34. The minimum atomic E-state index is -5.98. The molecule has 1 aliphatic carbocycles. The fourth-order valence-electron chi connectivity index (χ4n) is 6.17. The highest BCUT2D eigenvalue weighted by atomic mass is 32.2. The summed E-state index contributed by atoms with van der Waals surface area (Å²) in [5, 5.41) is 5.84. The van der Waals surface area contributed by atoms with Crippen molar-refractivity contribution in [2.75, 3.05) is 7.05 Å². The van der Waals surface area contributed by atoms with Crippen LogP contribution in [-0.2, 0) is 48.6 Å². The fourth-order valence-corrected chi connectivity index (χ4v) is 6.62. The predicted molar refractivity (Wildman–Crippen MR) is 185 cm³/mol. The SMILES string of the molecule is C[C@@H](C(=O)N[C@H](C(=O)N1Cc2cc(OS(=O)(=O)C(F)(F)F)ccc2C[C@H]1C(=O)NC1CCCc2ccccc21)C(C)(C)C)N(C)C(=O)OC(C)(C)C. The third-order valence-electron chi connectivity index (χ3n) is 9.11. The Kier molecular flexibility index (Phi) is 11.6. The molecular weight excluding hydrogens is 705 g/mol. The smallest absolute Gasteiger partial charge is 0.444 e. The molecule has 0 saturated carbocycles. The van der Waals surface area contributed by atoms with E-state index in [4.69, 9.17) is 4.74 Å². The number of rotatable bonds is 8. The van der Waals surface area contributed by atoms with Crippen molar-refractivity contribution >= 4 is 33.9 Å². The van der Waals surface area contributed by atoms with Crippen molar-refractivity contribution in [1.29, 1.82) is 0 Å². The predicted octanol–water partition coefficient (Wildman–Crippen LogP) is 5.15. The Morgan fingerprint density at radius 1 is 0.962 bits per heavy atom. The molecular formula is C36H47F3N4O8S. The highest BCUT2D eigenvalue weighted by Gasteiger charge is 2.49. The molecule has 2 aromatic carbocycles. The topological polar surface area (TPSA) is 151 Å². The van der Waals surface area contributed by atoms with E-state index in [0.717, 1.165) is 41.0 Å². The average molecular weight is 753 g/mol. The van der Waals surface area contributed by atoms with Gasteiger partial charge in [-0.2, -0.15) is 21.6 Å². The Balaban J connectivity index is 1.68. The zero-order valence-corrected chi connectivity index (χ0v) is 31.4. The first kappa shape index (κ1) is 40.4. The van der Waals surface area contributed by atoms with Gasteiger partial charge in [-0.1, -0.05) is 51.1 Å². The number of carbonyl (C=O) groups is 4. The van der Waals surface area contributed by atoms with E-state index >= 15 is 0 Å². The van der Waals surface area contributed by atoms with Crippen LogP contribution in [0.1, 0.15) is 89.6 Å². The van der Waals surface area contributed by atoms with Gasteiger partial charge in [0, 0.05) is 20.0 Å². The van der Waals surface area contributed by atoms with Crippen LogP contribution in [0.3, 0.4) is 0 Å². The van der Waals surface area contributed by atoms with Crippen LogP contribution in [-0.4, -0.2) is 78.3 Å². The van der Waals surface area contributed by atoms with Crippen LogP contribution < -0.4 is 14.8 Å². The van der Waals surface area contributed by atoms with Gasteiger partial charge in [0.2, 0.25) is 17.7 Å². The number of halogens is 3. The first-order valence-electron chi connectivity index (χ1n) is 17.0. The molecule has 1 unspecified atom stereocenters. The van der Waals surface area contributed by atoms with Crippen LogP contribution in [0.4, 0.5) is 18.0 Å². The van der Waals surface area contributed by atoms with Crippen molar-refractivity contribution < 1.29 is 49.7 Å². The van der Waals surface area contributed by atoms with Crippen LogP contribution in [0.5, 0.6) is 5.75 Å². The van der Waals surface area contributed by atoms with Crippen LogP contribution in [0, 0.1) is 5.41 Å². The Bertz CT molecular complexity index is 1800. The molecule has 2 aliphatic rings. The molecule has 52 heavy (non-hydrogen) atoms. The van der Waals surface area contributed by atoms with Gasteiger partial charge >= 0.3 is 21.7 Å². The fraction of sp³-hybridized carbons (Fsp3) is 0.556. The third-order valence-corrected chi connectivity index (χ3v) is 10.1. The zero-order valence-electron chi connectivity index (χ0n) is 30.6. The van der Waals surface area contributed by atoms with E-state index in [1.165, 1.54) is 24.9 Å². The number of alkyl halides is 3. The first-order chi connectivity index (χ1) is 23.9. The van der Waals surface area contributed by atoms with Crippen LogP contribution >= 0.6 is 0 Å². The standard InChI is InChI=1S/C36H47F3N4O8S/c1-21(42(8)33(47)50-35(5,6)7)30(44)41-29(34(2,3)4)32(46)43-20-24-18-25(51-52(48,49)36(37,38)39)17-16-23(24)19-28(43)31(45)40-27-15-11-13-22-12-9-10-14-26(22)27/h9-10,12,14,16-18,21,27-29H,11,13,15,19-20H2,1-8H3,(H,40,45)(H,41,44)/t21-,27?,28-,29+/m0/s1. The maximum Gasteiger partial charge on any atom is 0.534 e. The lowest BCUT2D eigenvalue weighted by molar-refractivity contribution is -0.147. The van der Waals surface area contributed by atoms with Gasteiger partial charge < -0.3 is 24.5 Å². The number of fused-ring (bicyclic) bond motifs is 2. The molecule has 1 aliphatic heterocycles. The summed E-state index contributed by atoms with van der Waals surface area (Å²) in [6.45, 7) is 11.3.